The summed E-state index contributed by atoms with van der Waals surface area (Å²) in [6.45, 7) is 3.22. The fourth-order valence-electron chi connectivity index (χ4n) is 4.09. The first-order valence-corrected chi connectivity index (χ1v) is 11.2. The third-order valence-electron chi connectivity index (χ3n) is 5.75. The third-order valence-corrected chi connectivity index (χ3v) is 5.75. The van der Waals surface area contributed by atoms with Gasteiger partial charge in [0, 0.05) is 12.5 Å². The summed E-state index contributed by atoms with van der Waals surface area (Å²) in [7, 11) is 0. The molecule has 2 aromatic carbocycles. The van der Waals surface area contributed by atoms with E-state index in [9.17, 15) is 14.7 Å². The number of amides is 1. The van der Waals surface area contributed by atoms with E-state index < -0.39 is 49.0 Å². The van der Waals surface area contributed by atoms with E-state index in [4.69, 9.17) is 23.7 Å². The van der Waals surface area contributed by atoms with Crippen LogP contribution in [0.1, 0.15) is 31.3 Å². The van der Waals surface area contributed by atoms with E-state index in [0.717, 1.165) is 11.1 Å². The van der Waals surface area contributed by atoms with Gasteiger partial charge in [-0.05, 0) is 12.5 Å². The van der Waals surface area contributed by atoms with E-state index in [-0.39, 0.29) is 19.1 Å². The van der Waals surface area contributed by atoms with Gasteiger partial charge in [0.25, 0.3) is 0 Å². The molecule has 0 saturated carbocycles. The highest BCUT2D eigenvalue weighted by atomic mass is 16.8. The van der Waals surface area contributed by atoms with Crippen LogP contribution in [0.5, 0.6) is 0 Å². The lowest BCUT2D eigenvalue weighted by molar-refractivity contribution is -0.351. The lowest BCUT2D eigenvalue weighted by Gasteiger charge is -2.49. The Hall–Kier alpha value is -2.82. The maximum Gasteiger partial charge on any atom is 0.332 e. The zero-order chi connectivity index (χ0) is 24.1. The quantitative estimate of drug-likeness (QED) is 0.604. The van der Waals surface area contributed by atoms with Crippen molar-refractivity contribution in [2.45, 2.75) is 63.5 Å². The molecule has 2 heterocycles. The number of hydrogen-bond donors (Lipinski definition) is 2. The summed E-state index contributed by atoms with van der Waals surface area (Å²) in [4.78, 5) is 23.7. The van der Waals surface area contributed by atoms with Crippen LogP contribution in [0.15, 0.2) is 60.7 Å². The topological polar surface area (TPSA) is 113 Å². The summed E-state index contributed by atoms with van der Waals surface area (Å²) in [6.07, 6.45) is -4.87. The number of aliphatic carboxylic acids is 1. The second-order valence-corrected chi connectivity index (χ2v) is 8.32. The van der Waals surface area contributed by atoms with Crippen LogP contribution < -0.4 is 5.32 Å². The van der Waals surface area contributed by atoms with Gasteiger partial charge in [-0.1, -0.05) is 60.7 Å². The molecule has 0 spiro atoms. The zero-order valence-electron chi connectivity index (χ0n) is 19.0. The monoisotopic (exact) mass is 471 g/mol. The summed E-state index contributed by atoms with van der Waals surface area (Å²) >= 11 is 0. The van der Waals surface area contributed by atoms with Gasteiger partial charge in [-0.15, -0.1) is 0 Å². The standard InChI is InChI=1S/C25H29NO8/c1-15(23(28)29)32-22-20(26-16(2)27)25(30-13-17-9-5-3-6-10-17)33-19-14-31-24(34-21(19)22)18-11-7-4-8-12-18/h3-12,15,19-22,24-25H,13-14H2,1-2H3,(H,26,27)(H,28,29). The molecule has 0 aromatic heterocycles. The first kappa shape index (κ1) is 24.3. The van der Waals surface area contributed by atoms with Crippen molar-refractivity contribution in [1.82, 2.24) is 5.32 Å². The summed E-state index contributed by atoms with van der Waals surface area (Å²) < 4.78 is 30.3. The average Bonchev–Trinajstić information content (AvgIpc) is 2.84. The van der Waals surface area contributed by atoms with E-state index >= 15 is 0 Å². The second kappa shape index (κ2) is 11.1. The Balaban J connectivity index is 1.59. The molecule has 182 valence electrons. The minimum atomic E-state index is -1.14. The fraction of sp³-hybridized carbons (Fsp3) is 0.440. The van der Waals surface area contributed by atoms with Gasteiger partial charge < -0.3 is 34.1 Å². The van der Waals surface area contributed by atoms with Gasteiger partial charge in [0.05, 0.1) is 13.2 Å². The highest BCUT2D eigenvalue weighted by Gasteiger charge is 2.52. The van der Waals surface area contributed by atoms with Crippen LogP contribution in [-0.2, 0) is 39.9 Å². The van der Waals surface area contributed by atoms with Crippen molar-refractivity contribution in [1.29, 1.82) is 0 Å². The molecule has 1 amide bonds. The van der Waals surface area contributed by atoms with E-state index in [1.807, 2.05) is 60.7 Å². The van der Waals surface area contributed by atoms with Crippen LogP contribution in [0.25, 0.3) is 0 Å². The Morgan fingerprint density at radius 2 is 1.76 bits per heavy atom. The number of hydrogen-bond acceptors (Lipinski definition) is 7. The summed E-state index contributed by atoms with van der Waals surface area (Å²) in [6, 6.07) is 18.1. The molecule has 7 atom stereocenters. The zero-order valence-corrected chi connectivity index (χ0v) is 19.0. The minimum Gasteiger partial charge on any atom is -0.479 e. The Bertz CT molecular complexity index is 956. The largest absolute Gasteiger partial charge is 0.479 e. The number of nitrogens with one attached hydrogen (secondary N) is 1. The Labute approximate surface area is 197 Å². The van der Waals surface area contributed by atoms with Crippen LogP contribution in [0.3, 0.4) is 0 Å². The van der Waals surface area contributed by atoms with E-state index in [1.54, 1.807) is 0 Å². The van der Waals surface area contributed by atoms with Crippen molar-refractivity contribution < 1.29 is 38.4 Å². The molecule has 0 aliphatic carbocycles. The predicted molar refractivity (Wildman–Crippen MR) is 119 cm³/mol. The maximum atomic E-state index is 12.1. The molecule has 2 aliphatic rings. The van der Waals surface area contributed by atoms with Crippen molar-refractivity contribution in [2.75, 3.05) is 6.61 Å². The van der Waals surface area contributed by atoms with E-state index in [1.165, 1.54) is 13.8 Å². The highest BCUT2D eigenvalue weighted by Crippen LogP contribution is 2.36. The van der Waals surface area contributed by atoms with E-state index in [0.29, 0.717) is 0 Å². The number of carboxylic acids is 1. The summed E-state index contributed by atoms with van der Waals surface area (Å²) in [5.41, 5.74) is 1.73. The van der Waals surface area contributed by atoms with Crippen LogP contribution in [0, 0.1) is 0 Å². The van der Waals surface area contributed by atoms with Gasteiger partial charge in [-0.25, -0.2) is 4.79 Å². The number of benzene rings is 2. The van der Waals surface area contributed by atoms with Crippen molar-refractivity contribution in [3.8, 4) is 0 Å². The van der Waals surface area contributed by atoms with Crippen molar-refractivity contribution >= 4 is 11.9 Å². The van der Waals surface area contributed by atoms with Crippen LogP contribution in [0.4, 0.5) is 0 Å². The van der Waals surface area contributed by atoms with Gasteiger partial charge in [-0.2, -0.15) is 0 Å². The van der Waals surface area contributed by atoms with Crippen LogP contribution in [0.2, 0.25) is 0 Å². The smallest absolute Gasteiger partial charge is 0.332 e. The molecule has 2 aliphatic heterocycles. The molecule has 2 aromatic rings. The molecule has 0 radical (unpaired) electrons. The fourth-order valence-corrected chi connectivity index (χ4v) is 4.09. The van der Waals surface area contributed by atoms with Gasteiger partial charge in [0.1, 0.15) is 24.4 Å². The number of ether oxygens (including phenoxy) is 5. The molecule has 9 heteroatoms. The lowest BCUT2D eigenvalue weighted by Crippen LogP contribution is -2.67. The van der Waals surface area contributed by atoms with Gasteiger partial charge >= 0.3 is 5.97 Å². The Morgan fingerprint density at radius 3 is 2.41 bits per heavy atom. The Morgan fingerprint density at radius 1 is 1.09 bits per heavy atom. The molecule has 9 nitrogen and oxygen atoms in total. The third kappa shape index (κ3) is 5.81. The molecule has 2 saturated heterocycles. The summed E-state index contributed by atoms with van der Waals surface area (Å²) in [5, 5.41) is 12.3. The van der Waals surface area contributed by atoms with Crippen molar-refractivity contribution in [3.63, 3.8) is 0 Å². The second-order valence-electron chi connectivity index (χ2n) is 8.32. The average molecular weight is 472 g/mol. The molecule has 4 rings (SSSR count). The predicted octanol–water partition coefficient (Wildman–Crippen LogP) is 2.41. The number of carboxylic acid groups (broad SMARTS) is 1. The molecule has 2 N–H and O–H groups in total. The number of carbonyl (C=O) groups excluding carboxylic acids is 1. The van der Waals surface area contributed by atoms with Crippen LogP contribution >= 0.6 is 0 Å². The van der Waals surface area contributed by atoms with Crippen molar-refractivity contribution in [2.24, 2.45) is 0 Å². The number of carbonyl (C=O) groups is 2. The minimum absolute atomic E-state index is 0.184. The molecular weight excluding hydrogens is 442 g/mol. The van der Waals surface area contributed by atoms with E-state index in [2.05, 4.69) is 5.32 Å². The first-order chi connectivity index (χ1) is 16.4. The summed E-state index contributed by atoms with van der Waals surface area (Å²) in [5.74, 6) is -1.46. The molecule has 34 heavy (non-hydrogen) atoms. The lowest BCUT2D eigenvalue weighted by atomic mass is 9.95. The number of rotatable bonds is 8. The molecule has 2 fully saturated rings. The normalized spacial score (nSPS) is 29.6. The molecular formula is C25H29NO8. The van der Waals surface area contributed by atoms with Gasteiger partial charge in [-0.3, -0.25) is 4.79 Å². The maximum absolute atomic E-state index is 12.1. The van der Waals surface area contributed by atoms with Gasteiger partial charge in [0.2, 0.25) is 5.91 Å². The Kier molecular flexibility index (Phi) is 7.91. The van der Waals surface area contributed by atoms with Crippen molar-refractivity contribution in [3.05, 3.63) is 71.8 Å². The van der Waals surface area contributed by atoms with Gasteiger partial charge in [0.15, 0.2) is 18.7 Å². The molecule has 0 bridgehead atoms. The highest BCUT2D eigenvalue weighted by molar-refractivity contribution is 5.73. The first-order valence-electron chi connectivity index (χ1n) is 11.2. The molecule has 7 unspecified atom stereocenters. The SMILES string of the molecule is CC(=O)NC1C(OCc2ccccc2)OC2COC(c3ccccc3)OC2C1OC(C)C(=O)O. The number of fused-ring (bicyclic) bond motifs is 1. The van der Waals surface area contributed by atoms with Crippen LogP contribution in [-0.4, -0.2) is 60.3 Å².